The molecule has 0 saturated carbocycles. The molecule has 0 radical (unpaired) electrons. The van der Waals surface area contributed by atoms with Gasteiger partial charge in [-0.25, -0.2) is 0 Å². The number of hydrogen-bond donors (Lipinski definition) is 0. The molecule has 0 aliphatic carbocycles. The summed E-state index contributed by atoms with van der Waals surface area (Å²) in [5.41, 5.74) is 2.64. The third kappa shape index (κ3) is 5.12. The fourth-order valence-electron chi connectivity index (χ4n) is 3.64. The molecule has 0 bridgehead atoms. The number of rotatable bonds is 10. The molecule has 3 aromatic rings. The van der Waals surface area contributed by atoms with Gasteiger partial charge in [0.05, 0.1) is 7.11 Å². The van der Waals surface area contributed by atoms with Crippen LogP contribution in [-0.2, 0) is 19.9 Å². The van der Waals surface area contributed by atoms with Gasteiger partial charge in [0, 0.05) is 13.0 Å². The number of methoxy groups -OCH3 is 1. The second kappa shape index (κ2) is 10.6. The van der Waals surface area contributed by atoms with E-state index in [4.69, 9.17) is 9.47 Å². The van der Waals surface area contributed by atoms with Crippen LogP contribution in [-0.4, -0.2) is 19.7 Å². The maximum absolute atomic E-state index is 11.3. The van der Waals surface area contributed by atoms with Crippen molar-refractivity contribution in [1.82, 2.24) is 0 Å². The molecular weight excluding hydrogens is 360 g/mol. The van der Waals surface area contributed by atoms with Crippen molar-refractivity contribution >= 4 is 5.97 Å². The maximum Gasteiger partial charge on any atom is 0.305 e. The van der Waals surface area contributed by atoms with Crippen LogP contribution < -0.4 is 0 Å². The SMILES string of the molecule is COC(=O)CCCCCOC(c1ccccc1)(c1ccccc1)c1ccccc1. The van der Waals surface area contributed by atoms with E-state index in [1.54, 1.807) is 0 Å². The van der Waals surface area contributed by atoms with Crippen LogP contribution in [0.15, 0.2) is 91.0 Å². The molecular formula is C26H28O3. The highest BCUT2D eigenvalue weighted by Gasteiger charge is 2.37. The van der Waals surface area contributed by atoms with Crippen molar-refractivity contribution in [3.05, 3.63) is 108 Å². The van der Waals surface area contributed by atoms with Crippen molar-refractivity contribution in [3.8, 4) is 0 Å². The highest BCUT2D eigenvalue weighted by Crippen LogP contribution is 2.40. The molecule has 3 heteroatoms. The van der Waals surface area contributed by atoms with E-state index in [1.807, 2.05) is 18.2 Å². The van der Waals surface area contributed by atoms with E-state index in [1.165, 1.54) is 7.11 Å². The topological polar surface area (TPSA) is 35.5 Å². The Hall–Kier alpha value is -2.91. The van der Waals surface area contributed by atoms with Crippen LogP contribution in [0, 0.1) is 0 Å². The van der Waals surface area contributed by atoms with Gasteiger partial charge in [-0.05, 0) is 29.5 Å². The Bertz CT molecular complexity index is 764. The van der Waals surface area contributed by atoms with Crippen LogP contribution >= 0.6 is 0 Å². The number of hydrogen-bond acceptors (Lipinski definition) is 3. The summed E-state index contributed by atoms with van der Waals surface area (Å²) >= 11 is 0. The van der Waals surface area contributed by atoms with Crippen molar-refractivity contribution in [3.63, 3.8) is 0 Å². The molecule has 0 N–H and O–H groups in total. The van der Waals surface area contributed by atoms with Crippen molar-refractivity contribution in [2.75, 3.05) is 13.7 Å². The molecule has 0 fully saturated rings. The van der Waals surface area contributed by atoms with Crippen molar-refractivity contribution in [2.45, 2.75) is 31.3 Å². The summed E-state index contributed by atoms with van der Waals surface area (Å²) in [5, 5.41) is 0. The highest BCUT2D eigenvalue weighted by atomic mass is 16.5. The molecule has 29 heavy (non-hydrogen) atoms. The van der Waals surface area contributed by atoms with Gasteiger partial charge in [0.2, 0.25) is 0 Å². The van der Waals surface area contributed by atoms with Gasteiger partial charge >= 0.3 is 5.97 Å². The van der Waals surface area contributed by atoms with Crippen LogP contribution in [0.3, 0.4) is 0 Å². The second-order valence-corrected chi connectivity index (χ2v) is 7.01. The van der Waals surface area contributed by atoms with Crippen LogP contribution in [0.5, 0.6) is 0 Å². The van der Waals surface area contributed by atoms with Crippen LogP contribution in [0.1, 0.15) is 42.4 Å². The largest absolute Gasteiger partial charge is 0.469 e. The maximum atomic E-state index is 11.3. The minimum absolute atomic E-state index is 0.155. The summed E-state index contributed by atoms with van der Waals surface area (Å²) in [5.74, 6) is -0.155. The predicted octanol–water partition coefficient (Wildman–Crippen LogP) is 5.73. The fourth-order valence-corrected chi connectivity index (χ4v) is 3.64. The molecule has 0 heterocycles. The van der Waals surface area contributed by atoms with E-state index in [0.29, 0.717) is 13.0 Å². The van der Waals surface area contributed by atoms with Gasteiger partial charge in [0.1, 0.15) is 5.60 Å². The van der Waals surface area contributed by atoms with E-state index < -0.39 is 5.60 Å². The predicted molar refractivity (Wildman–Crippen MR) is 116 cm³/mol. The minimum Gasteiger partial charge on any atom is -0.469 e. The second-order valence-electron chi connectivity index (χ2n) is 7.01. The van der Waals surface area contributed by atoms with Crippen molar-refractivity contribution in [1.29, 1.82) is 0 Å². The third-order valence-corrected chi connectivity index (χ3v) is 5.11. The molecule has 0 aliphatic heterocycles. The Morgan fingerprint density at radius 2 is 1.14 bits per heavy atom. The lowest BCUT2D eigenvalue weighted by Crippen LogP contribution is -2.33. The first-order chi connectivity index (χ1) is 14.3. The fraction of sp³-hybridized carbons (Fsp3) is 0.269. The lowest BCUT2D eigenvalue weighted by atomic mass is 9.80. The van der Waals surface area contributed by atoms with E-state index in [0.717, 1.165) is 36.0 Å². The first-order valence-corrected chi connectivity index (χ1v) is 10.1. The molecule has 0 unspecified atom stereocenters. The van der Waals surface area contributed by atoms with E-state index >= 15 is 0 Å². The van der Waals surface area contributed by atoms with E-state index in [2.05, 4.69) is 72.8 Å². The van der Waals surface area contributed by atoms with Gasteiger partial charge in [-0.15, -0.1) is 0 Å². The Labute approximate surface area is 173 Å². The van der Waals surface area contributed by atoms with Crippen molar-refractivity contribution in [2.24, 2.45) is 0 Å². The first-order valence-electron chi connectivity index (χ1n) is 10.1. The standard InChI is InChI=1S/C26H28O3/c1-28-25(27)20-12-5-13-21-29-26(22-14-6-2-7-15-22,23-16-8-3-9-17-23)24-18-10-4-11-19-24/h2-4,6-11,14-19H,5,12-13,20-21H2,1H3. The Morgan fingerprint density at radius 3 is 1.55 bits per heavy atom. The summed E-state index contributed by atoms with van der Waals surface area (Å²) in [6.45, 7) is 0.597. The van der Waals surface area contributed by atoms with Gasteiger partial charge in [-0.2, -0.15) is 0 Å². The number of carbonyl (C=O) groups excluding carboxylic acids is 1. The summed E-state index contributed by atoms with van der Waals surface area (Å²) in [6.07, 6.45) is 3.07. The zero-order valence-corrected chi connectivity index (χ0v) is 16.9. The number of unbranched alkanes of at least 4 members (excludes halogenated alkanes) is 2. The molecule has 3 rings (SSSR count). The summed E-state index contributed by atoms with van der Waals surface area (Å²) in [7, 11) is 1.43. The summed E-state index contributed by atoms with van der Waals surface area (Å²) in [4.78, 5) is 11.3. The van der Waals surface area contributed by atoms with Gasteiger partial charge in [0.15, 0.2) is 0 Å². The van der Waals surface area contributed by atoms with Gasteiger partial charge < -0.3 is 9.47 Å². The molecule has 3 aromatic carbocycles. The molecule has 0 atom stereocenters. The zero-order chi connectivity index (χ0) is 20.4. The number of benzene rings is 3. The molecule has 3 nitrogen and oxygen atoms in total. The third-order valence-electron chi connectivity index (χ3n) is 5.11. The molecule has 0 spiro atoms. The Morgan fingerprint density at radius 1 is 0.690 bits per heavy atom. The Balaban J connectivity index is 1.88. The minimum atomic E-state index is -0.674. The van der Waals surface area contributed by atoms with Gasteiger partial charge in [-0.1, -0.05) is 97.4 Å². The highest BCUT2D eigenvalue weighted by molar-refractivity contribution is 5.68. The first kappa shape index (κ1) is 20.8. The lowest BCUT2D eigenvalue weighted by molar-refractivity contribution is -0.140. The van der Waals surface area contributed by atoms with Crippen LogP contribution in [0.25, 0.3) is 0 Å². The lowest BCUT2D eigenvalue weighted by Gasteiger charge is -2.36. The molecule has 0 saturated heterocycles. The van der Waals surface area contributed by atoms with Gasteiger partial charge in [-0.3, -0.25) is 4.79 Å². The summed E-state index contributed by atoms with van der Waals surface area (Å²) in [6, 6.07) is 31.1. The van der Waals surface area contributed by atoms with Gasteiger partial charge in [0.25, 0.3) is 0 Å². The molecule has 0 amide bonds. The quantitative estimate of drug-likeness (QED) is 0.253. The average Bonchev–Trinajstić information content (AvgIpc) is 2.80. The Kier molecular flexibility index (Phi) is 7.60. The normalized spacial score (nSPS) is 11.2. The molecule has 0 aromatic heterocycles. The number of esters is 1. The smallest absolute Gasteiger partial charge is 0.305 e. The summed E-state index contributed by atoms with van der Waals surface area (Å²) < 4.78 is 11.4. The number of carbonyl (C=O) groups is 1. The average molecular weight is 389 g/mol. The number of ether oxygens (including phenoxy) is 2. The van der Waals surface area contributed by atoms with Crippen LogP contribution in [0.4, 0.5) is 0 Å². The molecule has 150 valence electrons. The van der Waals surface area contributed by atoms with Crippen molar-refractivity contribution < 1.29 is 14.3 Å². The van der Waals surface area contributed by atoms with E-state index in [9.17, 15) is 4.79 Å². The monoisotopic (exact) mass is 388 g/mol. The van der Waals surface area contributed by atoms with Crippen LogP contribution in [0.2, 0.25) is 0 Å². The molecule has 0 aliphatic rings. The zero-order valence-electron chi connectivity index (χ0n) is 16.9. The van der Waals surface area contributed by atoms with E-state index in [-0.39, 0.29) is 5.97 Å².